The fourth-order valence-corrected chi connectivity index (χ4v) is 2.21. The molecule has 0 saturated heterocycles. The van der Waals surface area contributed by atoms with Crippen molar-refractivity contribution >= 4 is 17.0 Å². The summed E-state index contributed by atoms with van der Waals surface area (Å²) in [5, 5.41) is 6.68. The minimum atomic E-state index is 0.824. The third-order valence-corrected chi connectivity index (χ3v) is 3.57. The number of nitrogens with zero attached hydrogens (tertiary/aromatic N) is 2. The van der Waals surface area contributed by atoms with E-state index in [1.165, 1.54) is 12.8 Å². The molecule has 0 atom stereocenters. The number of aromatic amines is 1. The SMILES string of the molecule is CN=C(NCCc1nc2ccccc2[nH]1)NCC1CC1. The largest absolute Gasteiger partial charge is 0.356 e. The molecule has 0 amide bonds. The van der Waals surface area contributed by atoms with Gasteiger partial charge in [0.2, 0.25) is 0 Å². The van der Waals surface area contributed by atoms with Crippen LogP contribution >= 0.6 is 0 Å². The third kappa shape index (κ3) is 3.29. The van der Waals surface area contributed by atoms with Crippen LogP contribution < -0.4 is 10.6 Å². The Morgan fingerprint density at radius 3 is 2.95 bits per heavy atom. The molecular formula is C15H21N5. The Hall–Kier alpha value is -2.04. The second-order valence-corrected chi connectivity index (χ2v) is 5.27. The van der Waals surface area contributed by atoms with Crippen LogP contribution in [0.15, 0.2) is 29.3 Å². The second kappa shape index (κ2) is 5.94. The smallest absolute Gasteiger partial charge is 0.190 e. The molecule has 3 N–H and O–H groups in total. The first-order valence-electron chi connectivity index (χ1n) is 7.23. The highest BCUT2D eigenvalue weighted by molar-refractivity contribution is 5.79. The number of aliphatic imine (C=N–C) groups is 1. The molecule has 0 unspecified atom stereocenters. The third-order valence-electron chi connectivity index (χ3n) is 3.57. The molecule has 2 aromatic rings. The summed E-state index contributed by atoms with van der Waals surface area (Å²) in [6.45, 7) is 1.86. The number of fused-ring (bicyclic) bond motifs is 1. The van der Waals surface area contributed by atoms with Crippen LogP contribution in [0.3, 0.4) is 0 Å². The van der Waals surface area contributed by atoms with E-state index in [0.29, 0.717) is 0 Å². The van der Waals surface area contributed by atoms with Crippen LogP contribution in [0, 0.1) is 5.92 Å². The highest BCUT2D eigenvalue weighted by atomic mass is 15.2. The van der Waals surface area contributed by atoms with E-state index in [1.807, 2.05) is 25.2 Å². The van der Waals surface area contributed by atoms with Gasteiger partial charge in [-0.2, -0.15) is 0 Å². The molecule has 20 heavy (non-hydrogen) atoms. The van der Waals surface area contributed by atoms with Crippen LogP contribution in [0.4, 0.5) is 0 Å². The summed E-state index contributed by atoms with van der Waals surface area (Å²) in [5.41, 5.74) is 2.12. The first kappa shape index (κ1) is 13.0. The van der Waals surface area contributed by atoms with Gasteiger partial charge in [-0.05, 0) is 30.9 Å². The quantitative estimate of drug-likeness (QED) is 0.572. The first-order valence-corrected chi connectivity index (χ1v) is 7.23. The zero-order valence-corrected chi connectivity index (χ0v) is 11.8. The lowest BCUT2D eigenvalue weighted by Gasteiger charge is -2.10. The van der Waals surface area contributed by atoms with Gasteiger partial charge in [-0.3, -0.25) is 4.99 Å². The predicted octanol–water partition coefficient (Wildman–Crippen LogP) is 1.68. The molecule has 1 aromatic carbocycles. The first-order chi connectivity index (χ1) is 9.85. The number of aromatic nitrogens is 2. The Bertz CT molecular complexity index is 564. The van der Waals surface area contributed by atoms with Gasteiger partial charge in [0.25, 0.3) is 0 Å². The van der Waals surface area contributed by atoms with Crippen molar-refractivity contribution in [1.29, 1.82) is 0 Å². The minimum Gasteiger partial charge on any atom is -0.356 e. The lowest BCUT2D eigenvalue weighted by Crippen LogP contribution is -2.39. The Labute approximate surface area is 118 Å². The van der Waals surface area contributed by atoms with Crippen LogP contribution in [0.2, 0.25) is 0 Å². The zero-order chi connectivity index (χ0) is 13.8. The molecule has 106 valence electrons. The summed E-state index contributed by atoms with van der Waals surface area (Å²) in [6, 6.07) is 8.11. The lowest BCUT2D eigenvalue weighted by molar-refractivity contribution is 0.729. The van der Waals surface area contributed by atoms with E-state index in [0.717, 1.165) is 48.2 Å². The molecule has 0 bridgehead atoms. The molecule has 5 heteroatoms. The number of H-pyrrole nitrogens is 1. The number of para-hydroxylation sites is 2. The molecule has 5 nitrogen and oxygen atoms in total. The van der Waals surface area contributed by atoms with Crippen molar-refractivity contribution < 1.29 is 0 Å². The van der Waals surface area contributed by atoms with Crippen molar-refractivity contribution in [3.05, 3.63) is 30.1 Å². The summed E-state index contributed by atoms with van der Waals surface area (Å²) in [5.74, 6) is 2.74. The average molecular weight is 271 g/mol. The number of nitrogens with one attached hydrogen (secondary N) is 3. The van der Waals surface area contributed by atoms with Crippen molar-refractivity contribution in [2.45, 2.75) is 19.3 Å². The number of rotatable bonds is 5. The monoisotopic (exact) mass is 271 g/mol. The van der Waals surface area contributed by atoms with Gasteiger partial charge in [-0.1, -0.05) is 12.1 Å². The van der Waals surface area contributed by atoms with Crippen LogP contribution in [0.5, 0.6) is 0 Å². The number of guanidine groups is 1. The maximum atomic E-state index is 4.56. The molecule has 1 fully saturated rings. The summed E-state index contributed by atoms with van der Waals surface area (Å²) < 4.78 is 0. The van der Waals surface area contributed by atoms with Gasteiger partial charge in [0, 0.05) is 26.6 Å². The summed E-state index contributed by atoms with van der Waals surface area (Å²) in [6.07, 6.45) is 3.56. The van der Waals surface area contributed by atoms with Crippen molar-refractivity contribution in [3.63, 3.8) is 0 Å². The number of benzene rings is 1. The Morgan fingerprint density at radius 1 is 1.35 bits per heavy atom. The van der Waals surface area contributed by atoms with E-state index in [4.69, 9.17) is 0 Å². The predicted molar refractivity (Wildman–Crippen MR) is 81.9 cm³/mol. The van der Waals surface area contributed by atoms with Gasteiger partial charge in [0.05, 0.1) is 11.0 Å². The van der Waals surface area contributed by atoms with Crippen molar-refractivity contribution in [3.8, 4) is 0 Å². The van der Waals surface area contributed by atoms with E-state index < -0.39 is 0 Å². The highest BCUT2D eigenvalue weighted by Gasteiger charge is 2.20. The molecule has 0 spiro atoms. The second-order valence-electron chi connectivity index (χ2n) is 5.27. The molecule has 3 rings (SSSR count). The molecule has 1 heterocycles. The zero-order valence-electron chi connectivity index (χ0n) is 11.8. The average Bonchev–Trinajstić information content (AvgIpc) is 3.20. The van der Waals surface area contributed by atoms with Crippen molar-refractivity contribution in [2.24, 2.45) is 10.9 Å². The molecule has 1 aromatic heterocycles. The summed E-state index contributed by atoms with van der Waals surface area (Å²) in [7, 11) is 1.81. The number of hydrogen-bond donors (Lipinski definition) is 3. The van der Waals surface area contributed by atoms with E-state index in [2.05, 4.69) is 31.7 Å². The minimum absolute atomic E-state index is 0.824. The Kier molecular flexibility index (Phi) is 3.85. The van der Waals surface area contributed by atoms with Crippen LogP contribution in [-0.2, 0) is 6.42 Å². The summed E-state index contributed by atoms with van der Waals surface area (Å²) in [4.78, 5) is 12.1. The Balaban J connectivity index is 1.48. The van der Waals surface area contributed by atoms with E-state index in [-0.39, 0.29) is 0 Å². The number of imidazole rings is 1. The fourth-order valence-electron chi connectivity index (χ4n) is 2.21. The van der Waals surface area contributed by atoms with E-state index in [9.17, 15) is 0 Å². The van der Waals surface area contributed by atoms with Gasteiger partial charge in [0.1, 0.15) is 5.82 Å². The topological polar surface area (TPSA) is 65.1 Å². The maximum Gasteiger partial charge on any atom is 0.190 e. The van der Waals surface area contributed by atoms with E-state index >= 15 is 0 Å². The Morgan fingerprint density at radius 2 is 2.20 bits per heavy atom. The van der Waals surface area contributed by atoms with E-state index in [1.54, 1.807) is 0 Å². The van der Waals surface area contributed by atoms with Crippen molar-refractivity contribution in [1.82, 2.24) is 20.6 Å². The molecule has 1 saturated carbocycles. The van der Waals surface area contributed by atoms with Crippen LogP contribution in [0.25, 0.3) is 11.0 Å². The lowest BCUT2D eigenvalue weighted by atomic mass is 10.3. The van der Waals surface area contributed by atoms with Crippen molar-refractivity contribution in [2.75, 3.05) is 20.1 Å². The molecule has 0 radical (unpaired) electrons. The highest BCUT2D eigenvalue weighted by Crippen LogP contribution is 2.27. The van der Waals surface area contributed by atoms with Crippen LogP contribution in [0.1, 0.15) is 18.7 Å². The van der Waals surface area contributed by atoms with Gasteiger partial charge < -0.3 is 15.6 Å². The standard InChI is InChI=1S/C15H21N5/c1-16-15(18-10-11-6-7-11)17-9-8-14-19-12-4-2-3-5-13(12)20-14/h2-5,11H,6-10H2,1H3,(H,19,20)(H2,16,17,18). The number of hydrogen-bond acceptors (Lipinski definition) is 2. The van der Waals surface area contributed by atoms with Crippen LogP contribution in [-0.4, -0.2) is 36.1 Å². The molecule has 1 aliphatic rings. The molecule has 1 aliphatic carbocycles. The van der Waals surface area contributed by atoms with Gasteiger partial charge >= 0.3 is 0 Å². The molecular weight excluding hydrogens is 250 g/mol. The maximum absolute atomic E-state index is 4.56. The molecule has 0 aliphatic heterocycles. The summed E-state index contributed by atoms with van der Waals surface area (Å²) >= 11 is 0. The van der Waals surface area contributed by atoms with Gasteiger partial charge in [0.15, 0.2) is 5.96 Å². The fraction of sp³-hybridized carbons (Fsp3) is 0.467. The van der Waals surface area contributed by atoms with Gasteiger partial charge in [-0.15, -0.1) is 0 Å². The normalized spacial score (nSPS) is 15.6. The van der Waals surface area contributed by atoms with Gasteiger partial charge in [-0.25, -0.2) is 4.98 Å².